The molecule has 2 aliphatic carbocycles. The molecule has 86 valence electrons. The first-order valence-corrected chi connectivity index (χ1v) is 6.16. The number of hydrogen-bond donors (Lipinski definition) is 1. The summed E-state index contributed by atoms with van der Waals surface area (Å²) >= 11 is 0. The first kappa shape index (κ1) is 10.2. The molecule has 3 rings (SSSR count). The molecule has 1 unspecified atom stereocenters. The zero-order chi connectivity index (χ0) is 11.2. The average molecular weight is 217 g/mol. The van der Waals surface area contributed by atoms with Crippen LogP contribution in [0.15, 0.2) is 18.2 Å². The fourth-order valence-corrected chi connectivity index (χ4v) is 2.88. The lowest BCUT2D eigenvalue weighted by atomic mass is 9.93. The average Bonchev–Trinajstić information content (AvgIpc) is 2.88. The molecule has 2 heteroatoms. The van der Waals surface area contributed by atoms with Crippen molar-refractivity contribution in [3.05, 3.63) is 29.3 Å². The van der Waals surface area contributed by atoms with Gasteiger partial charge in [-0.05, 0) is 61.3 Å². The van der Waals surface area contributed by atoms with Crippen LogP contribution >= 0.6 is 0 Å². The Morgan fingerprint density at radius 2 is 2.25 bits per heavy atom. The summed E-state index contributed by atoms with van der Waals surface area (Å²) in [6.07, 6.45) is 6.06. The Hall–Kier alpha value is -1.02. The molecule has 1 atom stereocenters. The maximum Gasteiger partial charge on any atom is 0.119 e. The van der Waals surface area contributed by atoms with Gasteiger partial charge >= 0.3 is 0 Å². The third kappa shape index (κ3) is 1.71. The lowest BCUT2D eigenvalue weighted by Gasteiger charge is -2.16. The Morgan fingerprint density at radius 1 is 1.44 bits per heavy atom. The molecule has 2 aliphatic rings. The van der Waals surface area contributed by atoms with E-state index in [9.17, 15) is 0 Å². The summed E-state index contributed by atoms with van der Waals surface area (Å²) in [5, 5.41) is 0. The zero-order valence-corrected chi connectivity index (χ0v) is 9.83. The van der Waals surface area contributed by atoms with E-state index in [0.717, 1.165) is 5.75 Å². The van der Waals surface area contributed by atoms with Gasteiger partial charge in [0.2, 0.25) is 0 Å². The van der Waals surface area contributed by atoms with Gasteiger partial charge in [0.15, 0.2) is 0 Å². The number of nitrogens with two attached hydrogens (primary N) is 1. The van der Waals surface area contributed by atoms with Crippen LogP contribution in [0.1, 0.15) is 42.7 Å². The Labute approximate surface area is 96.8 Å². The van der Waals surface area contributed by atoms with Gasteiger partial charge in [-0.1, -0.05) is 6.07 Å². The third-order valence-corrected chi connectivity index (χ3v) is 4.10. The normalized spacial score (nSPS) is 25.2. The predicted octanol–water partition coefficient (Wildman–Crippen LogP) is 2.61. The van der Waals surface area contributed by atoms with Crippen molar-refractivity contribution in [3.63, 3.8) is 0 Å². The van der Waals surface area contributed by atoms with Crippen molar-refractivity contribution < 1.29 is 4.74 Å². The molecule has 1 saturated carbocycles. The van der Waals surface area contributed by atoms with E-state index < -0.39 is 0 Å². The maximum atomic E-state index is 6.21. The van der Waals surface area contributed by atoms with Crippen molar-refractivity contribution in [2.75, 3.05) is 7.11 Å². The van der Waals surface area contributed by atoms with E-state index in [0.29, 0.717) is 5.92 Å². The van der Waals surface area contributed by atoms with Gasteiger partial charge in [-0.15, -0.1) is 0 Å². The second kappa shape index (κ2) is 3.49. The minimum Gasteiger partial charge on any atom is -0.497 e. The van der Waals surface area contributed by atoms with Gasteiger partial charge in [-0.2, -0.15) is 0 Å². The van der Waals surface area contributed by atoms with E-state index in [2.05, 4.69) is 18.2 Å². The van der Waals surface area contributed by atoms with E-state index in [1.807, 2.05) is 0 Å². The van der Waals surface area contributed by atoms with Gasteiger partial charge in [0.25, 0.3) is 0 Å². The highest BCUT2D eigenvalue weighted by Gasteiger charge is 2.41. The summed E-state index contributed by atoms with van der Waals surface area (Å²) in [7, 11) is 1.73. The summed E-state index contributed by atoms with van der Waals surface area (Å²) in [4.78, 5) is 0. The van der Waals surface area contributed by atoms with Gasteiger partial charge in [-0.3, -0.25) is 0 Å². The highest BCUT2D eigenvalue weighted by Crippen LogP contribution is 2.46. The van der Waals surface area contributed by atoms with Crippen LogP contribution in [0.25, 0.3) is 0 Å². The Balaban J connectivity index is 1.82. The van der Waals surface area contributed by atoms with Gasteiger partial charge in [-0.25, -0.2) is 0 Å². The minimum absolute atomic E-state index is 0.173. The topological polar surface area (TPSA) is 35.2 Å². The van der Waals surface area contributed by atoms with Gasteiger partial charge in [0, 0.05) is 5.54 Å². The Bertz CT molecular complexity index is 409. The molecule has 0 bridgehead atoms. The lowest BCUT2D eigenvalue weighted by Crippen LogP contribution is -2.23. The van der Waals surface area contributed by atoms with Crippen LogP contribution < -0.4 is 10.5 Å². The molecule has 1 aromatic rings. The summed E-state index contributed by atoms with van der Waals surface area (Å²) in [5.41, 5.74) is 9.37. The zero-order valence-electron chi connectivity index (χ0n) is 9.83. The first-order chi connectivity index (χ1) is 7.70. The van der Waals surface area contributed by atoms with Crippen LogP contribution in [-0.2, 0) is 6.42 Å². The molecule has 0 amide bonds. The molecular formula is C14H19NO. The fourth-order valence-electron chi connectivity index (χ4n) is 2.88. The number of rotatable bonds is 3. The highest BCUT2D eigenvalue weighted by molar-refractivity contribution is 5.41. The van der Waals surface area contributed by atoms with E-state index >= 15 is 0 Å². The van der Waals surface area contributed by atoms with E-state index in [1.54, 1.807) is 7.11 Å². The standard InChI is InChI=1S/C14H19NO/c1-16-12-4-5-13-10(8-12)2-3-11(13)9-14(15)6-7-14/h4-5,8,11H,2-3,6-7,9,15H2,1H3. The third-order valence-electron chi connectivity index (χ3n) is 4.10. The molecule has 0 spiro atoms. The molecule has 0 saturated heterocycles. The lowest BCUT2D eigenvalue weighted by molar-refractivity contribution is 0.414. The van der Waals surface area contributed by atoms with Gasteiger partial charge in [0.05, 0.1) is 7.11 Å². The van der Waals surface area contributed by atoms with E-state index in [1.165, 1.54) is 43.2 Å². The second-order valence-corrected chi connectivity index (χ2v) is 5.37. The first-order valence-electron chi connectivity index (χ1n) is 6.16. The minimum atomic E-state index is 0.173. The number of aryl methyl sites for hydroxylation is 1. The number of ether oxygens (including phenoxy) is 1. The SMILES string of the molecule is COc1ccc2c(c1)CCC2CC1(N)CC1. The van der Waals surface area contributed by atoms with Crippen LogP contribution in [-0.4, -0.2) is 12.6 Å². The number of methoxy groups -OCH3 is 1. The molecule has 2 N–H and O–H groups in total. The summed E-state index contributed by atoms with van der Waals surface area (Å²) in [6.45, 7) is 0. The smallest absolute Gasteiger partial charge is 0.119 e. The molecule has 0 aromatic heterocycles. The fraction of sp³-hybridized carbons (Fsp3) is 0.571. The Morgan fingerprint density at radius 3 is 2.94 bits per heavy atom. The van der Waals surface area contributed by atoms with Crippen molar-refractivity contribution in [2.45, 2.75) is 43.6 Å². The monoisotopic (exact) mass is 217 g/mol. The number of hydrogen-bond acceptors (Lipinski definition) is 2. The van der Waals surface area contributed by atoms with Crippen molar-refractivity contribution >= 4 is 0 Å². The van der Waals surface area contributed by atoms with E-state index in [-0.39, 0.29) is 5.54 Å². The Kier molecular flexibility index (Phi) is 2.21. The van der Waals surface area contributed by atoms with Gasteiger partial charge in [0.1, 0.15) is 5.75 Å². The summed E-state index contributed by atoms with van der Waals surface area (Å²) in [5.74, 6) is 1.67. The van der Waals surface area contributed by atoms with Crippen LogP contribution in [0, 0.1) is 0 Å². The molecule has 1 fully saturated rings. The van der Waals surface area contributed by atoms with Crippen LogP contribution in [0.4, 0.5) is 0 Å². The highest BCUT2D eigenvalue weighted by atomic mass is 16.5. The predicted molar refractivity (Wildman–Crippen MR) is 64.8 cm³/mol. The van der Waals surface area contributed by atoms with Crippen molar-refractivity contribution in [3.8, 4) is 5.75 Å². The number of fused-ring (bicyclic) bond motifs is 1. The van der Waals surface area contributed by atoms with Crippen LogP contribution in [0.5, 0.6) is 5.75 Å². The van der Waals surface area contributed by atoms with Crippen molar-refractivity contribution in [1.29, 1.82) is 0 Å². The second-order valence-electron chi connectivity index (χ2n) is 5.37. The molecule has 1 aromatic carbocycles. The maximum absolute atomic E-state index is 6.21. The van der Waals surface area contributed by atoms with Crippen molar-refractivity contribution in [2.24, 2.45) is 5.73 Å². The summed E-state index contributed by atoms with van der Waals surface area (Å²) in [6, 6.07) is 6.50. The van der Waals surface area contributed by atoms with Gasteiger partial charge < -0.3 is 10.5 Å². The number of benzene rings is 1. The van der Waals surface area contributed by atoms with Crippen LogP contribution in [0.3, 0.4) is 0 Å². The molecular weight excluding hydrogens is 198 g/mol. The van der Waals surface area contributed by atoms with Crippen molar-refractivity contribution in [1.82, 2.24) is 0 Å². The molecule has 16 heavy (non-hydrogen) atoms. The summed E-state index contributed by atoms with van der Waals surface area (Å²) < 4.78 is 5.26. The molecule has 0 aliphatic heterocycles. The molecule has 2 nitrogen and oxygen atoms in total. The molecule has 0 radical (unpaired) electrons. The molecule has 0 heterocycles. The van der Waals surface area contributed by atoms with E-state index in [4.69, 9.17) is 10.5 Å². The van der Waals surface area contributed by atoms with Crippen LogP contribution in [0.2, 0.25) is 0 Å². The largest absolute Gasteiger partial charge is 0.497 e. The quantitative estimate of drug-likeness (QED) is 0.844.